The fourth-order valence-electron chi connectivity index (χ4n) is 1.72. The highest BCUT2D eigenvalue weighted by molar-refractivity contribution is 5.49. The Kier molecular flexibility index (Phi) is 1.96. The zero-order chi connectivity index (χ0) is 11.1. The summed E-state index contributed by atoms with van der Waals surface area (Å²) in [6.45, 7) is 1.95. The minimum Gasteiger partial charge on any atom is -0.398 e. The number of nitrogens with zero attached hydrogens (tertiary/aromatic N) is 3. The predicted octanol–water partition coefficient (Wildman–Crippen LogP) is 2.04. The van der Waals surface area contributed by atoms with Crippen molar-refractivity contribution in [1.82, 2.24) is 14.8 Å². The Hall–Kier alpha value is -1.84. The molecule has 2 aromatic heterocycles. The van der Waals surface area contributed by atoms with Gasteiger partial charge >= 0.3 is 0 Å². The summed E-state index contributed by atoms with van der Waals surface area (Å²) in [5, 5.41) is 4.51. The molecule has 1 saturated carbocycles. The third kappa shape index (κ3) is 1.56. The van der Waals surface area contributed by atoms with Crippen LogP contribution >= 0.6 is 0 Å². The molecular weight excluding hydrogens is 200 g/mol. The van der Waals surface area contributed by atoms with Crippen molar-refractivity contribution in [1.29, 1.82) is 0 Å². The lowest BCUT2D eigenvalue weighted by Crippen LogP contribution is -2.01. The van der Waals surface area contributed by atoms with Crippen molar-refractivity contribution in [2.45, 2.75) is 25.7 Å². The van der Waals surface area contributed by atoms with Crippen molar-refractivity contribution < 1.29 is 0 Å². The quantitative estimate of drug-likeness (QED) is 0.832. The van der Waals surface area contributed by atoms with Gasteiger partial charge in [-0.2, -0.15) is 5.10 Å². The van der Waals surface area contributed by atoms with Crippen LogP contribution in [0.15, 0.2) is 24.5 Å². The van der Waals surface area contributed by atoms with Crippen LogP contribution in [0.3, 0.4) is 0 Å². The van der Waals surface area contributed by atoms with Crippen LogP contribution < -0.4 is 5.73 Å². The summed E-state index contributed by atoms with van der Waals surface area (Å²) in [7, 11) is 0. The van der Waals surface area contributed by atoms with Crippen molar-refractivity contribution in [3.05, 3.63) is 35.8 Å². The van der Waals surface area contributed by atoms with Crippen LogP contribution in [-0.4, -0.2) is 14.8 Å². The maximum absolute atomic E-state index is 5.86. The molecule has 16 heavy (non-hydrogen) atoms. The molecule has 4 heteroatoms. The lowest BCUT2D eigenvalue weighted by molar-refractivity contribution is 0.812. The highest BCUT2D eigenvalue weighted by atomic mass is 15.3. The predicted molar refractivity (Wildman–Crippen MR) is 62.5 cm³/mol. The molecule has 0 aromatic carbocycles. The number of hydrogen-bond donors (Lipinski definition) is 1. The second kappa shape index (κ2) is 3.33. The van der Waals surface area contributed by atoms with Gasteiger partial charge in [-0.25, -0.2) is 9.67 Å². The van der Waals surface area contributed by atoms with Crippen LogP contribution in [0, 0.1) is 6.92 Å². The van der Waals surface area contributed by atoms with Gasteiger partial charge in [-0.1, -0.05) is 0 Å². The number of aromatic nitrogens is 3. The monoisotopic (exact) mass is 214 g/mol. The molecular formula is C12H14N4. The number of nitrogen functional groups attached to an aromatic ring is 1. The number of nitrogens with two attached hydrogens (primary N) is 1. The Morgan fingerprint density at radius 2 is 2.25 bits per heavy atom. The van der Waals surface area contributed by atoms with E-state index in [9.17, 15) is 0 Å². The first-order chi connectivity index (χ1) is 7.74. The molecule has 0 saturated heterocycles. The molecule has 0 unspecified atom stereocenters. The molecule has 0 radical (unpaired) electrons. The summed E-state index contributed by atoms with van der Waals surface area (Å²) >= 11 is 0. The zero-order valence-corrected chi connectivity index (χ0v) is 9.22. The summed E-state index contributed by atoms with van der Waals surface area (Å²) in [4.78, 5) is 4.32. The molecule has 0 aliphatic heterocycles. The van der Waals surface area contributed by atoms with Gasteiger partial charge in [-0.3, -0.25) is 0 Å². The van der Waals surface area contributed by atoms with Gasteiger partial charge in [0.15, 0.2) is 5.82 Å². The Labute approximate surface area is 94.1 Å². The van der Waals surface area contributed by atoms with Crippen LogP contribution in [0.4, 0.5) is 5.69 Å². The van der Waals surface area contributed by atoms with E-state index in [1.807, 2.05) is 19.2 Å². The van der Waals surface area contributed by atoms with Crippen molar-refractivity contribution in [3.8, 4) is 5.82 Å². The van der Waals surface area contributed by atoms with Crippen molar-refractivity contribution in [2.24, 2.45) is 0 Å². The highest BCUT2D eigenvalue weighted by Crippen LogP contribution is 2.38. The molecule has 4 nitrogen and oxygen atoms in total. The minimum atomic E-state index is 0.670. The first kappa shape index (κ1) is 9.39. The van der Waals surface area contributed by atoms with Gasteiger partial charge in [-0.05, 0) is 31.4 Å². The van der Waals surface area contributed by atoms with Crippen molar-refractivity contribution in [2.75, 3.05) is 5.73 Å². The SMILES string of the molecule is Cc1cnc(-n2ccc(C3CC3)n2)cc1N. The van der Waals surface area contributed by atoms with E-state index < -0.39 is 0 Å². The Balaban J connectivity index is 1.97. The average molecular weight is 214 g/mol. The van der Waals surface area contributed by atoms with E-state index in [2.05, 4.69) is 16.1 Å². The van der Waals surface area contributed by atoms with Crippen molar-refractivity contribution >= 4 is 5.69 Å². The van der Waals surface area contributed by atoms with E-state index >= 15 is 0 Å². The summed E-state index contributed by atoms with van der Waals surface area (Å²) < 4.78 is 1.80. The molecule has 3 rings (SSSR count). The molecule has 1 fully saturated rings. The third-order valence-electron chi connectivity index (χ3n) is 2.97. The van der Waals surface area contributed by atoms with Gasteiger partial charge < -0.3 is 5.73 Å². The summed E-state index contributed by atoms with van der Waals surface area (Å²) in [6.07, 6.45) is 6.26. The van der Waals surface area contributed by atoms with Gasteiger partial charge in [-0.15, -0.1) is 0 Å². The maximum Gasteiger partial charge on any atom is 0.155 e. The fraction of sp³-hybridized carbons (Fsp3) is 0.333. The van der Waals surface area contributed by atoms with Gasteiger partial charge in [0.25, 0.3) is 0 Å². The normalized spacial score (nSPS) is 15.3. The standard InChI is InChI=1S/C12H14N4/c1-8-7-14-12(6-10(8)13)16-5-4-11(15-16)9-2-3-9/h4-7,9H,2-3H2,1H3,(H2,13,14). The number of hydrogen-bond acceptors (Lipinski definition) is 3. The van der Waals surface area contributed by atoms with E-state index in [4.69, 9.17) is 5.73 Å². The average Bonchev–Trinajstić information content (AvgIpc) is 3.01. The van der Waals surface area contributed by atoms with Crippen LogP contribution in [0.2, 0.25) is 0 Å². The topological polar surface area (TPSA) is 56.7 Å². The minimum absolute atomic E-state index is 0.670. The van der Waals surface area contributed by atoms with Crippen molar-refractivity contribution in [3.63, 3.8) is 0 Å². The van der Waals surface area contributed by atoms with Crippen LogP contribution in [-0.2, 0) is 0 Å². The molecule has 2 heterocycles. The van der Waals surface area contributed by atoms with E-state index in [0.29, 0.717) is 5.92 Å². The smallest absolute Gasteiger partial charge is 0.155 e. The number of rotatable bonds is 2. The van der Waals surface area contributed by atoms with E-state index in [-0.39, 0.29) is 0 Å². The lowest BCUT2D eigenvalue weighted by Gasteiger charge is -2.03. The number of pyridine rings is 1. The second-order valence-electron chi connectivity index (χ2n) is 4.36. The Bertz CT molecular complexity index is 526. The van der Waals surface area contributed by atoms with Gasteiger partial charge in [0, 0.05) is 30.1 Å². The fourth-order valence-corrected chi connectivity index (χ4v) is 1.72. The summed E-state index contributed by atoms with van der Waals surface area (Å²) in [5.41, 5.74) is 8.78. The highest BCUT2D eigenvalue weighted by Gasteiger charge is 2.25. The zero-order valence-electron chi connectivity index (χ0n) is 9.22. The lowest BCUT2D eigenvalue weighted by atomic mass is 10.2. The van der Waals surface area contributed by atoms with Gasteiger partial charge in [0.1, 0.15) is 0 Å². The van der Waals surface area contributed by atoms with Crippen LogP contribution in [0.25, 0.3) is 5.82 Å². The van der Waals surface area contributed by atoms with Gasteiger partial charge in [0.2, 0.25) is 0 Å². The molecule has 2 N–H and O–H groups in total. The van der Waals surface area contributed by atoms with Gasteiger partial charge in [0.05, 0.1) is 5.69 Å². The maximum atomic E-state index is 5.86. The molecule has 1 aliphatic rings. The van der Waals surface area contributed by atoms with E-state index in [1.54, 1.807) is 10.9 Å². The largest absolute Gasteiger partial charge is 0.398 e. The van der Waals surface area contributed by atoms with Crippen LogP contribution in [0.1, 0.15) is 30.0 Å². The molecule has 82 valence electrons. The first-order valence-electron chi connectivity index (χ1n) is 5.52. The summed E-state index contributed by atoms with van der Waals surface area (Å²) in [6, 6.07) is 3.93. The molecule has 1 aliphatic carbocycles. The van der Waals surface area contributed by atoms with E-state index in [0.717, 1.165) is 17.1 Å². The molecule has 0 spiro atoms. The third-order valence-corrected chi connectivity index (χ3v) is 2.97. The Morgan fingerprint density at radius 1 is 1.44 bits per heavy atom. The molecule has 0 amide bonds. The number of anilines is 1. The molecule has 0 atom stereocenters. The molecule has 0 bridgehead atoms. The second-order valence-corrected chi connectivity index (χ2v) is 4.36. The summed E-state index contributed by atoms with van der Waals surface area (Å²) in [5.74, 6) is 1.46. The van der Waals surface area contributed by atoms with E-state index in [1.165, 1.54) is 18.5 Å². The van der Waals surface area contributed by atoms with Crippen LogP contribution in [0.5, 0.6) is 0 Å². The number of aryl methyl sites for hydroxylation is 1. The molecule has 2 aromatic rings. The first-order valence-corrected chi connectivity index (χ1v) is 5.52. The Morgan fingerprint density at radius 3 is 2.94 bits per heavy atom.